The van der Waals surface area contributed by atoms with E-state index in [-0.39, 0.29) is 17.9 Å². The van der Waals surface area contributed by atoms with Gasteiger partial charge in [0.25, 0.3) is 11.7 Å². The molecule has 1 unspecified atom stereocenters. The third-order valence-electron chi connectivity index (χ3n) is 5.54. The summed E-state index contributed by atoms with van der Waals surface area (Å²) in [5, 5.41) is 11.2. The lowest BCUT2D eigenvalue weighted by Crippen LogP contribution is -2.29. The molecule has 1 saturated heterocycles. The third kappa shape index (κ3) is 4.64. The smallest absolute Gasteiger partial charge is 0.295 e. The summed E-state index contributed by atoms with van der Waals surface area (Å²) in [7, 11) is 0. The number of aliphatic hydroxyl groups excluding tert-OH is 1. The van der Waals surface area contributed by atoms with Crippen molar-refractivity contribution >= 4 is 17.4 Å². The quantitative estimate of drug-likeness (QED) is 0.304. The molecule has 4 rings (SSSR count). The highest BCUT2D eigenvalue weighted by atomic mass is 16.5. The molecule has 1 aliphatic heterocycles. The predicted molar refractivity (Wildman–Crippen MR) is 127 cm³/mol. The molecule has 0 aliphatic carbocycles. The highest BCUT2D eigenvalue weighted by molar-refractivity contribution is 6.46. The van der Waals surface area contributed by atoms with E-state index in [4.69, 9.17) is 9.47 Å². The van der Waals surface area contributed by atoms with Gasteiger partial charge in [0.1, 0.15) is 17.3 Å². The average Bonchev–Trinajstić information content (AvgIpc) is 3.10. The van der Waals surface area contributed by atoms with E-state index in [1.54, 1.807) is 54.9 Å². The normalized spacial score (nSPS) is 17.1. The maximum Gasteiger partial charge on any atom is 0.295 e. The van der Waals surface area contributed by atoms with Crippen LogP contribution < -0.4 is 9.47 Å². The van der Waals surface area contributed by atoms with Gasteiger partial charge >= 0.3 is 0 Å². The SMILES string of the molecule is CCOc1ccc(/C(O)=C2/C(=O)C(=O)N(Cc3cccnc3)C2c2cccc(OCC)c2)cc1. The van der Waals surface area contributed by atoms with Crippen LogP contribution in [-0.2, 0) is 16.1 Å². The minimum atomic E-state index is -0.785. The van der Waals surface area contributed by atoms with Crippen LogP contribution in [0.4, 0.5) is 0 Å². The fourth-order valence-corrected chi connectivity index (χ4v) is 4.05. The number of benzene rings is 2. The number of hydrogen-bond acceptors (Lipinski definition) is 6. The summed E-state index contributed by atoms with van der Waals surface area (Å²) in [6, 6.07) is 16.8. The molecule has 7 heteroatoms. The van der Waals surface area contributed by atoms with Crippen molar-refractivity contribution in [2.75, 3.05) is 13.2 Å². The Morgan fingerprint density at radius 3 is 2.38 bits per heavy atom. The van der Waals surface area contributed by atoms with Crippen LogP contribution >= 0.6 is 0 Å². The summed E-state index contributed by atoms with van der Waals surface area (Å²) < 4.78 is 11.1. The highest BCUT2D eigenvalue weighted by Crippen LogP contribution is 2.41. The molecular weight excluding hydrogens is 432 g/mol. The Hall–Kier alpha value is -4.13. The van der Waals surface area contributed by atoms with Crippen molar-refractivity contribution in [3.63, 3.8) is 0 Å². The topological polar surface area (TPSA) is 89.0 Å². The molecule has 2 aromatic carbocycles. The first kappa shape index (κ1) is 23.0. The Bertz CT molecular complexity index is 1210. The number of amides is 1. The van der Waals surface area contributed by atoms with Crippen LogP contribution in [0.25, 0.3) is 5.76 Å². The second kappa shape index (κ2) is 10.2. The van der Waals surface area contributed by atoms with E-state index in [9.17, 15) is 14.7 Å². The number of ether oxygens (including phenoxy) is 2. The molecule has 3 aromatic rings. The summed E-state index contributed by atoms with van der Waals surface area (Å²) in [5.74, 6) is -0.378. The number of Topliss-reactive ketones (excluding diaryl/α,β-unsaturated/α-hetero) is 1. The van der Waals surface area contributed by atoms with Crippen LogP contribution in [0.5, 0.6) is 11.5 Å². The van der Waals surface area contributed by atoms with Gasteiger partial charge in [0, 0.05) is 24.5 Å². The Labute approximate surface area is 198 Å². The van der Waals surface area contributed by atoms with Crippen molar-refractivity contribution in [1.29, 1.82) is 0 Å². The van der Waals surface area contributed by atoms with Crippen molar-refractivity contribution < 1.29 is 24.2 Å². The van der Waals surface area contributed by atoms with Crippen LogP contribution in [0.3, 0.4) is 0 Å². The largest absolute Gasteiger partial charge is 0.507 e. The number of rotatable bonds is 8. The zero-order valence-electron chi connectivity index (χ0n) is 19.1. The molecule has 0 bridgehead atoms. The standard InChI is InChI=1S/C27H26N2O5/c1-3-33-21-12-10-19(11-13-21)25(30)23-24(20-8-5-9-22(15-20)34-4-2)29(27(32)26(23)31)17-18-7-6-14-28-16-18/h5-16,24,30H,3-4,17H2,1-2H3/b25-23-. The number of pyridine rings is 1. The Balaban J connectivity index is 1.82. The first-order valence-corrected chi connectivity index (χ1v) is 11.2. The van der Waals surface area contributed by atoms with Gasteiger partial charge in [-0.15, -0.1) is 0 Å². The van der Waals surface area contributed by atoms with Crippen molar-refractivity contribution in [2.45, 2.75) is 26.4 Å². The maximum atomic E-state index is 13.2. The molecule has 1 atom stereocenters. The van der Waals surface area contributed by atoms with Gasteiger partial charge < -0.3 is 19.5 Å². The lowest BCUT2D eigenvalue weighted by molar-refractivity contribution is -0.140. The zero-order chi connectivity index (χ0) is 24.1. The number of aromatic nitrogens is 1. The fourth-order valence-electron chi connectivity index (χ4n) is 4.05. The van der Waals surface area contributed by atoms with Gasteiger partial charge in [0.15, 0.2) is 0 Å². The lowest BCUT2D eigenvalue weighted by Gasteiger charge is -2.25. The Morgan fingerprint density at radius 2 is 1.71 bits per heavy atom. The van der Waals surface area contributed by atoms with E-state index >= 15 is 0 Å². The van der Waals surface area contributed by atoms with Crippen molar-refractivity contribution in [1.82, 2.24) is 9.88 Å². The summed E-state index contributed by atoms with van der Waals surface area (Å²) >= 11 is 0. The third-order valence-corrected chi connectivity index (χ3v) is 5.54. The first-order valence-electron chi connectivity index (χ1n) is 11.2. The molecule has 2 heterocycles. The summed E-state index contributed by atoms with van der Waals surface area (Å²) in [5.41, 5.74) is 1.90. The highest BCUT2D eigenvalue weighted by Gasteiger charge is 2.46. The number of carbonyl (C=O) groups excluding carboxylic acids is 2. The molecule has 0 radical (unpaired) electrons. The predicted octanol–water partition coefficient (Wildman–Crippen LogP) is 4.50. The number of hydrogen-bond donors (Lipinski definition) is 1. The molecule has 7 nitrogen and oxygen atoms in total. The minimum absolute atomic E-state index is 0.0340. The molecule has 0 saturated carbocycles. The fraction of sp³-hybridized carbons (Fsp3) is 0.222. The summed E-state index contributed by atoms with van der Waals surface area (Å²) in [6.07, 6.45) is 3.30. The first-order chi connectivity index (χ1) is 16.5. The van der Waals surface area contributed by atoms with Gasteiger partial charge in [0.2, 0.25) is 0 Å². The number of aliphatic hydroxyl groups is 1. The number of nitrogens with zero attached hydrogens (tertiary/aromatic N) is 2. The monoisotopic (exact) mass is 458 g/mol. The van der Waals surface area contributed by atoms with Gasteiger partial charge in [-0.05, 0) is 67.4 Å². The molecule has 1 amide bonds. The van der Waals surface area contributed by atoms with Crippen molar-refractivity contribution in [2.24, 2.45) is 0 Å². The van der Waals surface area contributed by atoms with E-state index in [1.807, 2.05) is 32.0 Å². The molecule has 1 N–H and O–H groups in total. The summed E-state index contributed by atoms with van der Waals surface area (Å²) in [6.45, 7) is 4.93. The van der Waals surface area contributed by atoms with Gasteiger partial charge in [-0.1, -0.05) is 18.2 Å². The van der Waals surface area contributed by atoms with Gasteiger partial charge in [-0.3, -0.25) is 14.6 Å². The van der Waals surface area contributed by atoms with Gasteiger partial charge in [-0.25, -0.2) is 0 Å². The average molecular weight is 459 g/mol. The molecular formula is C27H26N2O5. The number of carbonyl (C=O) groups is 2. The second-order valence-corrected chi connectivity index (χ2v) is 7.75. The maximum absolute atomic E-state index is 13.2. The van der Waals surface area contributed by atoms with Crippen LogP contribution in [0.1, 0.15) is 36.6 Å². The molecule has 0 spiro atoms. The second-order valence-electron chi connectivity index (χ2n) is 7.75. The van der Waals surface area contributed by atoms with Gasteiger partial charge in [0.05, 0.1) is 24.8 Å². The van der Waals surface area contributed by atoms with Crippen molar-refractivity contribution in [3.8, 4) is 11.5 Å². The van der Waals surface area contributed by atoms with E-state index < -0.39 is 17.7 Å². The number of ketones is 1. The van der Waals surface area contributed by atoms with Gasteiger partial charge in [-0.2, -0.15) is 0 Å². The molecule has 1 aromatic heterocycles. The Kier molecular flexibility index (Phi) is 6.92. The summed E-state index contributed by atoms with van der Waals surface area (Å²) in [4.78, 5) is 31.9. The van der Waals surface area contributed by atoms with E-state index in [0.29, 0.717) is 35.8 Å². The minimum Gasteiger partial charge on any atom is -0.507 e. The van der Waals surface area contributed by atoms with E-state index in [0.717, 1.165) is 5.56 Å². The van der Waals surface area contributed by atoms with E-state index in [2.05, 4.69) is 4.98 Å². The molecule has 1 aliphatic rings. The van der Waals surface area contributed by atoms with Crippen LogP contribution in [0.15, 0.2) is 78.6 Å². The van der Waals surface area contributed by atoms with Crippen LogP contribution in [-0.4, -0.2) is 39.9 Å². The Morgan fingerprint density at radius 1 is 0.971 bits per heavy atom. The van der Waals surface area contributed by atoms with Crippen LogP contribution in [0.2, 0.25) is 0 Å². The zero-order valence-corrected chi connectivity index (χ0v) is 19.1. The lowest BCUT2D eigenvalue weighted by atomic mass is 9.95. The molecule has 1 fully saturated rings. The number of likely N-dealkylation sites (tertiary alicyclic amines) is 1. The van der Waals surface area contributed by atoms with E-state index in [1.165, 1.54) is 4.90 Å². The van der Waals surface area contributed by atoms with Crippen molar-refractivity contribution in [3.05, 3.63) is 95.3 Å². The molecule has 174 valence electrons. The van der Waals surface area contributed by atoms with Crippen LogP contribution in [0, 0.1) is 0 Å². The molecule has 34 heavy (non-hydrogen) atoms.